The van der Waals surface area contributed by atoms with Crippen molar-refractivity contribution in [2.24, 2.45) is 5.10 Å². The number of hydrogen-bond acceptors (Lipinski definition) is 6. The van der Waals surface area contributed by atoms with Crippen LogP contribution in [-0.4, -0.2) is 57.0 Å². The van der Waals surface area contributed by atoms with Gasteiger partial charge in [0.2, 0.25) is 5.91 Å². The molecule has 2 heterocycles. The lowest BCUT2D eigenvalue weighted by molar-refractivity contribution is -0.130. The number of nitrogens with zero attached hydrogens (tertiary/aromatic N) is 4. The minimum atomic E-state index is -0.130. The van der Waals surface area contributed by atoms with Crippen molar-refractivity contribution in [3.8, 4) is 11.5 Å². The summed E-state index contributed by atoms with van der Waals surface area (Å²) < 4.78 is 10.8. The second-order valence-electron chi connectivity index (χ2n) is 9.10. The van der Waals surface area contributed by atoms with Crippen LogP contribution in [0.4, 0.5) is 11.4 Å². The molecule has 0 N–H and O–H groups in total. The summed E-state index contributed by atoms with van der Waals surface area (Å²) in [5.74, 6) is 1.24. The first kappa shape index (κ1) is 23.7. The number of hydrazone groups is 1. The van der Waals surface area contributed by atoms with Crippen LogP contribution in [0, 0.1) is 0 Å². The van der Waals surface area contributed by atoms with Crippen LogP contribution in [0.1, 0.15) is 30.5 Å². The molecule has 1 atom stereocenters. The largest absolute Gasteiger partial charge is 0.493 e. The minimum absolute atomic E-state index is 0.0726. The zero-order chi connectivity index (χ0) is 25.1. The van der Waals surface area contributed by atoms with Crippen LogP contribution in [0.5, 0.6) is 11.5 Å². The Morgan fingerprint density at radius 2 is 1.42 bits per heavy atom. The van der Waals surface area contributed by atoms with E-state index in [1.165, 1.54) is 11.4 Å². The molecule has 1 amide bonds. The molecule has 0 aromatic heterocycles. The summed E-state index contributed by atoms with van der Waals surface area (Å²) in [6.07, 6.45) is 0.643. The third-order valence-electron chi connectivity index (χ3n) is 6.99. The van der Waals surface area contributed by atoms with Crippen LogP contribution in [0.2, 0.25) is 0 Å². The van der Waals surface area contributed by atoms with Crippen LogP contribution in [0.25, 0.3) is 0 Å². The van der Waals surface area contributed by atoms with Crippen LogP contribution in [0.3, 0.4) is 0 Å². The predicted molar refractivity (Wildman–Crippen MR) is 143 cm³/mol. The van der Waals surface area contributed by atoms with Crippen molar-refractivity contribution in [3.63, 3.8) is 0 Å². The number of carbonyl (C=O) groups excluding carboxylic acids is 1. The van der Waals surface area contributed by atoms with Crippen LogP contribution in [0.15, 0.2) is 77.9 Å². The molecule has 0 saturated carbocycles. The lowest BCUT2D eigenvalue weighted by Gasteiger charge is -2.37. The Bertz CT molecular complexity index is 1240. The summed E-state index contributed by atoms with van der Waals surface area (Å²) >= 11 is 0. The van der Waals surface area contributed by atoms with Crippen molar-refractivity contribution in [2.75, 3.05) is 50.2 Å². The first-order valence-corrected chi connectivity index (χ1v) is 12.3. The van der Waals surface area contributed by atoms with Crippen molar-refractivity contribution < 1.29 is 14.3 Å². The van der Waals surface area contributed by atoms with Gasteiger partial charge in [-0.25, -0.2) is 5.01 Å². The van der Waals surface area contributed by atoms with E-state index in [0.29, 0.717) is 17.9 Å². The van der Waals surface area contributed by atoms with E-state index < -0.39 is 0 Å². The number of methoxy groups -OCH3 is 2. The van der Waals surface area contributed by atoms with Gasteiger partial charge in [-0.1, -0.05) is 30.3 Å². The molecule has 2 aliphatic heterocycles. The Balaban J connectivity index is 1.29. The smallest absolute Gasteiger partial charge is 0.240 e. The van der Waals surface area contributed by atoms with Gasteiger partial charge in [0.1, 0.15) is 0 Å². The average molecular weight is 485 g/mol. The standard InChI is InChI=1S/C29H32N4O3/c1-21(34)33-27(20-26(30-33)23-11-14-28(35-2)29(19-23)36-3)22-9-12-25(13-10-22)32-17-15-31(16-18-32)24-7-5-4-6-8-24/h4-14,19,27H,15-18,20H2,1-3H3. The number of hydrogen-bond donors (Lipinski definition) is 0. The van der Waals surface area contributed by atoms with E-state index in [2.05, 4.69) is 69.5 Å². The fraction of sp³-hybridized carbons (Fsp3) is 0.310. The first-order valence-electron chi connectivity index (χ1n) is 12.3. The van der Waals surface area contributed by atoms with Gasteiger partial charge < -0.3 is 19.3 Å². The van der Waals surface area contributed by atoms with E-state index in [0.717, 1.165) is 43.0 Å². The molecule has 0 bridgehead atoms. The van der Waals surface area contributed by atoms with E-state index in [9.17, 15) is 4.79 Å². The zero-order valence-electron chi connectivity index (χ0n) is 21.1. The number of piperazine rings is 1. The lowest BCUT2D eigenvalue weighted by atomic mass is 9.97. The Hall–Kier alpha value is -4.00. The molecule has 7 heteroatoms. The van der Waals surface area contributed by atoms with E-state index >= 15 is 0 Å². The van der Waals surface area contributed by atoms with Crippen LogP contribution >= 0.6 is 0 Å². The van der Waals surface area contributed by atoms with Crippen molar-refractivity contribution in [2.45, 2.75) is 19.4 Å². The highest BCUT2D eigenvalue weighted by atomic mass is 16.5. The van der Waals surface area contributed by atoms with Gasteiger partial charge in [-0.3, -0.25) is 4.79 Å². The molecular formula is C29H32N4O3. The molecule has 3 aromatic carbocycles. The summed E-state index contributed by atoms with van der Waals surface area (Å²) in [7, 11) is 3.23. The Kier molecular flexibility index (Phi) is 6.80. The molecular weight excluding hydrogens is 452 g/mol. The van der Waals surface area contributed by atoms with Crippen molar-refractivity contribution in [1.29, 1.82) is 0 Å². The average Bonchev–Trinajstić information content (AvgIpc) is 3.39. The number of carbonyl (C=O) groups is 1. The van der Waals surface area contributed by atoms with Crippen LogP contribution in [-0.2, 0) is 4.79 Å². The molecule has 5 rings (SSSR count). The Morgan fingerprint density at radius 1 is 0.806 bits per heavy atom. The SMILES string of the molecule is COc1ccc(C2=NN(C(C)=O)C(c3ccc(N4CCN(c5ccccc5)CC4)cc3)C2)cc1OC. The van der Waals surface area contributed by atoms with Gasteiger partial charge in [0, 0.05) is 56.5 Å². The number of anilines is 2. The van der Waals surface area contributed by atoms with E-state index in [1.54, 1.807) is 26.2 Å². The van der Waals surface area contributed by atoms with Gasteiger partial charge in [-0.2, -0.15) is 5.10 Å². The number of para-hydroxylation sites is 1. The number of rotatable bonds is 6. The van der Waals surface area contributed by atoms with Crippen molar-refractivity contribution in [3.05, 3.63) is 83.9 Å². The number of ether oxygens (including phenoxy) is 2. The van der Waals surface area contributed by atoms with Gasteiger partial charge in [0.25, 0.3) is 0 Å². The highest BCUT2D eigenvalue weighted by molar-refractivity contribution is 6.03. The van der Waals surface area contributed by atoms with E-state index in [4.69, 9.17) is 9.47 Å². The maximum absolute atomic E-state index is 12.5. The summed E-state index contributed by atoms with van der Waals surface area (Å²) in [6, 6.07) is 24.8. The Labute approximate surface area is 212 Å². The minimum Gasteiger partial charge on any atom is -0.493 e. The third kappa shape index (κ3) is 4.73. The maximum Gasteiger partial charge on any atom is 0.240 e. The van der Waals surface area contributed by atoms with Crippen molar-refractivity contribution >= 4 is 23.0 Å². The van der Waals surface area contributed by atoms with Gasteiger partial charge in [-0.15, -0.1) is 0 Å². The summed E-state index contributed by atoms with van der Waals surface area (Å²) in [5.41, 5.74) is 5.35. The second kappa shape index (κ2) is 10.3. The highest BCUT2D eigenvalue weighted by Gasteiger charge is 2.32. The summed E-state index contributed by atoms with van der Waals surface area (Å²) in [5, 5.41) is 6.28. The van der Waals surface area contributed by atoms with Crippen molar-refractivity contribution in [1.82, 2.24) is 5.01 Å². The summed E-state index contributed by atoms with van der Waals surface area (Å²) in [4.78, 5) is 17.3. The molecule has 1 unspecified atom stereocenters. The van der Waals surface area contributed by atoms with E-state index in [1.807, 2.05) is 18.2 Å². The molecule has 0 spiro atoms. The molecule has 186 valence electrons. The molecule has 0 radical (unpaired) electrons. The monoisotopic (exact) mass is 484 g/mol. The molecule has 2 aliphatic rings. The molecule has 7 nitrogen and oxygen atoms in total. The van der Waals surface area contributed by atoms with Crippen LogP contribution < -0.4 is 19.3 Å². The molecule has 1 saturated heterocycles. The second-order valence-corrected chi connectivity index (χ2v) is 9.10. The lowest BCUT2D eigenvalue weighted by Crippen LogP contribution is -2.46. The number of benzene rings is 3. The van der Waals surface area contributed by atoms with Gasteiger partial charge in [0.05, 0.1) is 26.0 Å². The Morgan fingerprint density at radius 3 is 2.00 bits per heavy atom. The maximum atomic E-state index is 12.5. The quantitative estimate of drug-likeness (QED) is 0.506. The predicted octanol–water partition coefficient (Wildman–Crippen LogP) is 4.73. The molecule has 1 fully saturated rings. The van der Waals surface area contributed by atoms with E-state index in [-0.39, 0.29) is 11.9 Å². The van der Waals surface area contributed by atoms with Gasteiger partial charge >= 0.3 is 0 Å². The fourth-order valence-corrected chi connectivity index (χ4v) is 5.02. The highest BCUT2D eigenvalue weighted by Crippen LogP contribution is 2.36. The van der Waals surface area contributed by atoms with Gasteiger partial charge in [-0.05, 0) is 48.0 Å². The number of amides is 1. The molecule has 3 aromatic rings. The topological polar surface area (TPSA) is 57.6 Å². The molecule has 36 heavy (non-hydrogen) atoms. The normalized spacial score (nSPS) is 17.7. The third-order valence-corrected chi connectivity index (χ3v) is 6.99. The first-order chi connectivity index (χ1) is 17.6. The van der Waals surface area contributed by atoms with Gasteiger partial charge in [0.15, 0.2) is 11.5 Å². The summed E-state index contributed by atoms with van der Waals surface area (Å²) in [6.45, 7) is 5.51. The molecule has 0 aliphatic carbocycles. The zero-order valence-corrected chi connectivity index (χ0v) is 21.1. The fourth-order valence-electron chi connectivity index (χ4n) is 5.02.